The van der Waals surface area contributed by atoms with Crippen molar-refractivity contribution in [1.82, 2.24) is 20.0 Å². The molecule has 1 aromatic heterocycles. The van der Waals surface area contributed by atoms with Crippen LogP contribution >= 0.6 is 0 Å². The van der Waals surface area contributed by atoms with Gasteiger partial charge in [0.15, 0.2) is 0 Å². The summed E-state index contributed by atoms with van der Waals surface area (Å²) in [6.45, 7) is 2.25. The van der Waals surface area contributed by atoms with Gasteiger partial charge in [-0.2, -0.15) is 0 Å². The van der Waals surface area contributed by atoms with E-state index in [1.165, 1.54) is 0 Å². The highest BCUT2D eigenvalue weighted by Gasteiger charge is 2.24. The van der Waals surface area contributed by atoms with Gasteiger partial charge in [0.25, 0.3) is 11.1 Å². The zero-order valence-electron chi connectivity index (χ0n) is 16.1. The van der Waals surface area contributed by atoms with E-state index in [9.17, 15) is 14.4 Å². The second kappa shape index (κ2) is 8.45. The summed E-state index contributed by atoms with van der Waals surface area (Å²) in [7, 11) is 0. The summed E-state index contributed by atoms with van der Waals surface area (Å²) < 4.78 is 1.08. The lowest BCUT2D eigenvalue weighted by Gasteiger charge is -2.28. The molecule has 2 N–H and O–H groups in total. The van der Waals surface area contributed by atoms with Gasteiger partial charge in [0.1, 0.15) is 6.54 Å². The molecule has 0 bridgehead atoms. The maximum absolute atomic E-state index is 12.6. The zero-order chi connectivity index (χ0) is 20.2. The molecule has 0 radical (unpaired) electrons. The molecule has 1 aliphatic heterocycles. The van der Waals surface area contributed by atoms with Crippen LogP contribution in [0.15, 0.2) is 64.2 Å². The number of aromatic amines is 1. The van der Waals surface area contributed by atoms with Crippen LogP contribution in [0.1, 0.15) is 24.4 Å². The lowest BCUT2D eigenvalue weighted by molar-refractivity contribution is -0.122. The number of aromatic nitrogens is 2. The highest BCUT2D eigenvalue weighted by Crippen LogP contribution is 2.24. The van der Waals surface area contributed by atoms with Crippen molar-refractivity contribution >= 4 is 16.7 Å². The first-order valence-corrected chi connectivity index (χ1v) is 9.91. The number of nitrogens with one attached hydrogen (secondary N) is 2. The van der Waals surface area contributed by atoms with Gasteiger partial charge in [-0.1, -0.05) is 42.5 Å². The van der Waals surface area contributed by atoms with E-state index in [0.717, 1.165) is 36.2 Å². The van der Waals surface area contributed by atoms with Gasteiger partial charge in [-0.05, 0) is 43.6 Å². The summed E-state index contributed by atoms with van der Waals surface area (Å²) in [6, 6.07) is 16.8. The van der Waals surface area contributed by atoms with Gasteiger partial charge in [0, 0.05) is 6.54 Å². The van der Waals surface area contributed by atoms with Crippen LogP contribution in [0, 0.1) is 0 Å². The quantitative estimate of drug-likeness (QED) is 0.668. The van der Waals surface area contributed by atoms with E-state index < -0.39 is 0 Å². The van der Waals surface area contributed by atoms with Gasteiger partial charge >= 0.3 is 0 Å². The first-order valence-electron chi connectivity index (χ1n) is 9.91. The van der Waals surface area contributed by atoms with Crippen LogP contribution in [0.3, 0.4) is 0 Å². The van der Waals surface area contributed by atoms with Gasteiger partial charge in [0.2, 0.25) is 5.91 Å². The molecule has 3 aromatic rings. The van der Waals surface area contributed by atoms with E-state index in [0.29, 0.717) is 17.3 Å². The molecule has 1 saturated heterocycles. The molecule has 29 heavy (non-hydrogen) atoms. The van der Waals surface area contributed by atoms with E-state index in [1.54, 1.807) is 24.3 Å². The van der Waals surface area contributed by atoms with E-state index in [-0.39, 0.29) is 29.6 Å². The first kappa shape index (κ1) is 19.1. The topological polar surface area (TPSA) is 87.2 Å². The number of amides is 1. The maximum Gasteiger partial charge on any atom is 0.273 e. The van der Waals surface area contributed by atoms with E-state index >= 15 is 0 Å². The number of H-pyrrole nitrogens is 1. The number of hydrogen-bond acceptors (Lipinski definition) is 4. The van der Waals surface area contributed by atoms with Crippen LogP contribution in [-0.4, -0.2) is 40.2 Å². The Morgan fingerprint density at radius 2 is 1.62 bits per heavy atom. The summed E-state index contributed by atoms with van der Waals surface area (Å²) in [5.74, 6) is -0.307. The van der Waals surface area contributed by atoms with Crippen molar-refractivity contribution in [3.63, 3.8) is 0 Å². The molecule has 0 spiro atoms. The molecule has 4 rings (SSSR count). The van der Waals surface area contributed by atoms with Gasteiger partial charge in [-0.15, -0.1) is 0 Å². The Bertz CT molecular complexity index is 1110. The zero-order valence-corrected chi connectivity index (χ0v) is 16.1. The number of carbonyl (C=O) groups is 1. The molecule has 1 aliphatic rings. The summed E-state index contributed by atoms with van der Waals surface area (Å²) in [6.07, 6.45) is 2.32. The largest absolute Gasteiger partial charge is 0.353 e. The van der Waals surface area contributed by atoms with Crippen molar-refractivity contribution in [2.24, 2.45) is 0 Å². The molecule has 150 valence electrons. The molecule has 1 fully saturated rings. The van der Waals surface area contributed by atoms with Crippen molar-refractivity contribution in [2.75, 3.05) is 19.6 Å². The average Bonchev–Trinajstić information content (AvgIpc) is 3.27. The molecule has 1 unspecified atom stereocenters. The Balaban J connectivity index is 1.49. The number of carbonyl (C=O) groups excluding carboxylic acids is 1. The van der Waals surface area contributed by atoms with Crippen molar-refractivity contribution in [3.8, 4) is 0 Å². The third-order valence-electron chi connectivity index (χ3n) is 5.44. The standard InChI is InChI=1S/C22H24N4O3/c27-20(15-26-22(29)18-11-5-4-10-17(18)21(28)24-26)23-14-19(25-12-6-7-13-25)16-8-2-1-3-9-16/h1-5,8-11,19H,6-7,12-15H2,(H,23,27)(H,24,28). The van der Waals surface area contributed by atoms with Crippen molar-refractivity contribution in [3.05, 3.63) is 80.9 Å². The molecular formula is C22H24N4O3. The van der Waals surface area contributed by atoms with Crippen LogP contribution in [0.5, 0.6) is 0 Å². The molecule has 7 nitrogen and oxygen atoms in total. The fourth-order valence-corrected chi connectivity index (χ4v) is 3.95. The van der Waals surface area contributed by atoms with E-state index in [2.05, 4.69) is 27.4 Å². The molecular weight excluding hydrogens is 368 g/mol. The van der Waals surface area contributed by atoms with Crippen LogP contribution in [-0.2, 0) is 11.3 Å². The Hall–Kier alpha value is -3.19. The lowest BCUT2D eigenvalue weighted by Crippen LogP contribution is -2.40. The highest BCUT2D eigenvalue weighted by atomic mass is 16.2. The monoisotopic (exact) mass is 392 g/mol. The van der Waals surface area contributed by atoms with Gasteiger partial charge < -0.3 is 5.32 Å². The highest BCUT2D eigenvalue weighted by molar-refractivity contribution is 5.81. The minimum absolute atomic E-state index is 0.0926. The number of nitrogens with zero attached hydrogens (tertiary/aromatic N) is 2. The predicted octanol–water partition coefficient (Wildman–Crippen LogP) is 1.64. The van der Waals surface area contributed by atoms with Crippen molar-refractivity contribution in [2.45, 2.75) is 25.4 Å². The van der Waals surface area contributed by atoms with Crippen molar-refractivity contribution in [1.29, 1.82) is 0 Å². The molecule has 1 amide bonds. The number of rotatable bonds is 6. The second-order valence-electron chi connectivity index (χ2n) is 7.35. The summed E-state index contributed by atoms with van der Waals surface area (Å²) in [4.78, 5) is 39.7. The second-order valence-corrected chi connectivity index (χ2v) is 7.35. The smallest absolute Gasteiger partial charge is 0.273 e. The van der Waals surface area contributed by atoms with E-state index in [1.807, 2.05) is 18.2 Å². The number of likely N-dealkylation sites (tertiary alicyclic amines) is 1. The SMILES string of the molecule is O=C(Cn1[nH]c(=O)c2ccccc2c1=O)NCC(c1ccccc1)N1CCCC1. The van der Waals surface area contributed by atoms with Crippen LogP contribution in [0.4, 0.5) is 0 Å². The molecule has 1 atom stereocenters. The molecule has 2 aromatic carbocycles. The number of fused-ring (bicyclic) bond motifs is 1. The van der Waals surface area contributed by atoms with Crippen molar-refractivity contribution < 1.29 is 4.79 Å². The van der Waals surface area contributed by atoms with Gasteiger partial charge in [0.05, 0.1) is 16.8 Å². The lowest BCUT2D eigenvalue weighted by atomic mass is 10.1. The molecule has 2 heterocycles. The molecule has 0 saturated carbocycles. The normalized spacial score (nSPS) is 15.4. The first-order chi connectivity index (χ1) is 14.1. The summed E-state index contributed by atoms with van der Waals surface area (Å²) >= 11 is 0. The Kier molecular flexibility index (Phi) is 5.57. The minimum atomic E-state index is -0.382. The van der Waals surface area contributed by atoms with Crippen LogP contribution in [0.2, 0.25) is 0 Å². The number of hydrogen-bond donors (Lipinski definition) is 2. The van der Waals surface area contributed by atoms with Gasteiger partial charge in [-0.25, -0.2) is 4.68 Å². The molecule has 0 aliphatic carbocycles. The van der Waals surface area contributed by atoms with Crippen LogP contribution < -0.4 is 16.4 Å². The minimum Gasteiger partial charge on any atom is -0.353 e. The predicted molar refractivity (Wildman–Crippen MR) is 112 cm³/mol. The Labute approximate surface area is 167 Å². The third kappa shape index (κ3) is 4.14. The van der Waals surface area contributed by atoms with Crippen LogP contribution in [0.25, 0.3) is 10.8 Å². The fraction of sp³-hybridized carbons (Fsp3) is 0.318. The summed E-state index contributed by atoms with van der Waals surface area (Å²) in [5.41, 5.74) is 0.396. The number of benzene rings is 2. The Morgan fingerprint density at radius 1 is 0.966 bits per heavy atom. The molecule has 7 heteroatoms. The maximum atomic E-state index is 12.6. The van der Waals surface area contributed by atoms with E-state index in [4.69, 9.17) is 0 Å². The third-order valence-corrected chi connectivity index (χ3v) is 5.44. The Morgan fingerprint density at radius 3 is 2.34 bits per heavy atom. The van der Waals surface area contributed by atoms with Gasteiger partial charge in [-0.3, -0.25) is 24.4 Å². The summed E-state index contributed by atoms with van der Waals surface area (Å²) in [5, 5.41) is 6.08. The average molecular weight is 392 g/mol. The fourth-order valence-electron chi connectivity index (χ4n) is 3.95.